The number of hydrogen-bond acceptors (Lipinski definition) is 8. The molecule has 0 spiro atoms. The average molecular weight is 477 g/mol. The molecule has 0 radical (unpaired) electrons. The highest BCUT2D eigenvalue weighted by Gasteiger charge is 2.29. The molecule has 11 heteroatoms. The lowest BCUT2D eigenvalue weighted by Crippen LogP contribution is -2.36. The number of hydrogen-bond donors (Lipinski definition) is 1. The number of nitro groups is 1. The fraction of sp³-hybridized carbons (Fsp3) is 0.238. The molecule has 1 aliphatic rings. The van der Waals surface area contributed by atoms with Gasteiger partial charge in [0.05, 0.1) is 46.5 Å². The number of fused-ring (bicyclic) bond motifs is 1. The second kappa shape index (κ2) is 9.15. The molecule has 2 aromatic carbocycles. The van der Waals surface area contributed by atoms with Crippen LogP contribution >= 0.6 is 23.2 Å². The Labute approximate surface area is 193 Å². The number of nitrogens with one attached hydrogen (secondary N) is 1. The number of halogens is 2. The van der Waals surface area contributed by atoms with Gasteiger partial charge in [-0.25, -0.2) is 4.79 Å². The van der Waals surface area contributed by atoms with Crippen molar-refractivity contribution in [1.29, 1.82) is 0 Å². The van der Waals surface area contributed by atoms with Crippen molar-refractivity contribution in [3.63, 3.8) is 0 Å². The molecule has 3 aromatic rings. The van der Waals surface area contributed by atoms with Crippen LogP contribution in [0.25, 0.3) is 10.9 Å². The van der Waals surface area contributed by atoms with Crippen LogP contribution in [0, 0.1) is 10.1 Å². The van der Waals surface area contributed by atoms with Crippen LogP contribution in [0.4, 0.5) is 22.7 Å². The fourth-order valence-corrected chi connectivity index (χ4v) is 4.08. The van der Waals surface area contributed by atoms with Crippen molar-refractivity contribution >= 4 is 62.8 Å². The first-order valence-electron chi connectivity index (χ1n) is 9.64. The lowest BCUT2D eigenvalue weighted by Gasteiger charge is -2.29. The van der Waals surface area contributed by atoms with Gasteiger partial charge in [0.15, 0.2) is 0 Å². The van der Waals surface area contributed by atoms with Crippen molar-refractivity contribution in [2.75, 3.05) is 43.6 Å². The Morgan fingerprint density at radius 2 is 1.91 bits per heavy atom. The van der Waals surface area contributed by atoms with E-state index in [1.807, 2.05) is 4.90 Å². The minimum Gasteiger partial charge on any atom is -0.465 e. The van der Waals surface area contributed by atoms with Gasteiger partial charge in [-0.15, -0.1) is 0 Å². The summed E-state index contributed by atoms with van der Waals surface area (Å²) in [5.74, 6) is -0.810. The van der Waals surface area contributed by atoms with Gasteiger partial charge in [0.2, 0.25) is 0 Å². The smallest absolute Gasteiger partial charge is 0.345 e. The summed E-state index contributed by atoms with van der Waals surface area (Å²) in [4.78, 5) is 30.1. The minimum atomic E-state index is -0.810. The van der Waals surface area contributed by atoms with Crippen molar-refractivity contribution in [2.45, 2.75) is 0 Å². The number of ether oxygens (including phenoxy) is 2. The zero-order valence-electron chi connectivity index (χ0n) is 16.9. The van der Waals surface area contributed by atoms with Gasteiger partial charge < -0.3 is 19.7 Å². The van der Waals surface area contributed by atoms with Gasteiger partial charge in [0.1, 0.15) is 11.3 Å². The highest BCUT2D eigenvalue weighted by molar-refractivity contribution is 6.40. The Kier molecular flexibility index (Phi) is 6.31. The predicted octanol–water partition coefficient (Wildman–Crippen LogP) is 4.82. The van der Waals surface area contributed by atoms with Gasteiger partial charge in [-0.05, 0) is 30.3 Å². The number of esters is 1. The third-order valence-electron chi connectivity index (χ3n) is 5.12. The van der Waals surface area contributed by atoms with E-state index in [2.05, 4.69) is 10.3 Å². The van der Waals surface area contributed by atoms with E-state index >= 15 is 0 Å². The number of benzene rings is 2. The SMILES string of the molecule is COC(=O)c1cc(N2CCOCC2)cc(Nc2ccnc3c(Cl)ccc(Cl)c23)c1[N+](=O)[O-]. The van der Waals surface area contributed by atoms with E-state index in [1.54, 1.807) is 24.3 Å². The van der Waals surface area contributed by atoms with Crippen LogP contribution in [0.5, 0.6) is 0 Å². The van der Waals surface area contributed by atoms with Crippen LogP contribution in [0.3, 0.4) is 0 Å². The van der Waals surface area contributed by atoms with Gasteiger partial charge in [0, 0.05) is 30.4 Å². The van der Waals surface area contributed by atoms with Crippen LogP contribution < -0.4 is 10.2 Å². The Morgan fingerprint density at radius 1 is 1.19 bits per heavy atom. The molecule has 4 rings (SSSR count). The Hall–Kier alpha value is -3.14. The third kappa shape index (κ3) is 4.14. The fourth-order valence-electron chi connectivity index (χ4n) is 3.62. The molecule has 166 valence electrons. The van der Waals surface area contributed by atoms with Gasteiger partial charge in [-0.1, -0.05) is 23.2 Å². The largest absolute Gasteiger partial charge is 0.465 e. The van der Waals surface area contributed by atoms with Crippen LogP contribution in [-0.4, -0.2) is 49.3 Å². The first-order valence-corrected chi connectivity index (χ1v) is 10.4. The van der Waals surface area contributed by atoms with E-state index in [0.717, 1.165) is 0 Å². The minimum absolute atomic E-state index is 0.114. The van der Waals surface area contributed by atoms with Crippen molar-refractivity contribution < 1.29 is 19.2 Å². The Morgan fingerprint density at radius 3 is 2.59 bits per heavy atom. The molecular weight excluding hydrogens is 459 g/mol. The zero-order chi connectivity index (χ0) is 22.8. The summed E-state index contributed by atoms with van der Waals surface area (Å²) in [5, 5.41) is 16.3. The summed E-state index contributed by atoms with van der Waals surface area (Å²) in [6.07, 6.45) is 1.52. The number of aromatic nitrogens is 1. The molecule has 0 bridgehead atoms. The highest BCUT2D eigenvalue weighted by Crippen LogP contribution is 2.40. The molecule has 32 heavy (non-hydrogen) atoms. The number of anilines is 3. The number of morpholine rings is 1. The molecule has 1 fully saturated rings. The summed E-state index contributed by atoms with van der Waals surface area (Å²) in [6.45, 7) is 2.18. The number of pyridine rings is 1. The normalized spacial score (nSPS) is 13.8. The van der Waals surface area contributed by atoms with Crippen molar-refractivity contribution in [1.82, 2.24) is 4.98 Å². The number of rotatable bonds is 5. The summed E-state index contributed by atoms with van der Waals surface area (Å²) < 4.78 is 10.2. The van der Waals surface area contributed by atoms with Crippen molar-refractivity contribution in [3.05, 3.63) is 62.3 Å². The van der Waals surface area contributed by atoms with E-state index < -0.39 is 16.6 Å². The van der Waals surface area contributed by atoms with Crippen LogP contribution in [0.1, 0.15) is 10.4 Å². The molecule has 9 nitrogen and oxygen atoms in total. The monoisotopic (exact) mass is 476 g/mol. The van der Waals surface area contributed by atoms with Gasteiger partial charge >= 0.3 is 11.7 Å². The Bertz CT molecular complexity index is 1210. The van der Waals surface area contributed by atoms with E-state index in [0.29, 0.717) is 58.6 Å². The molecule has 1 saturated heterocycles. The highest BCUT2D eigenvalue weighted by atomic mass is 35.5. The standard InChI is InChI=1S/C21H18Cl2N4O5/c1-31-21(28)13-10-12(26-6-8-32-9-7-26)11-17(20(13)27(29)30)25-16-4-5-24-19-15(23)3-2-14(22)18(16)19/h2-5,10-11H,6-9H2,1H3,(H,24,25). The molecule has 2 heterocycles. The first kappa shape index (κ1) is 22.1. The summed E-state index contributed by atoms with van der Waals surface area (Å²) in [7, 11) is 1.18. The topological polar surface area (TPSA) is 107 Å². The van der Waals surface area contributed by atoms with E-state index in [-0.39, 0.29) is 11.3 Å². The second-order valence-corrected chi connectivity index (χ2v) is 7.79. The summed E-state index contributed by atoms with van der Waals surface area (Å²) in [5.41, 5.74) is 1.08. The number of methoxy groups -OCH3 is 1. The van der Waals surface area contributed by atoms with Crippen molar-refractivity contribution in [2.24, 2.45) is 0 Å². The van der Waals surface area contributed by atoms with Gasteiger partial charge in [-0.3, -0.25) is 15.1 Å². The molecular formula is C21H18Cl2N4O5. The second-order valence-electron chi connectivity index (χ2n) is 6.97. The van der Waals surface area contributed by atoms with E-state index in [1.165, 1.54) is 19.4 Å². The van der Waals surface area contributed by atoms with Crippen LogP contribution in [0.15, 0.2) is 36.5 Å². The molecule has 0 amide bonds. The number of nitrogens with zero attached hydrogens (tertiary/aromatic N) is 3. The molecule has 1 aromatic heterocycles. The molecule has 0 atom stereocenters. The summed E-state index contributed by atoms with van der Waals surface area (Å²) in [6, 6.07) is 7.97. The lowest BCUT2D eigenvalue weighted by molar-refractivity contribution is -0.384. The third-order valence-corrected chi connectivity index (χ3v) is 5.74. The van der Waals surface area contributed by atoms with Gasteiger partial charge in [-0.2, -0.15) is 0 Å². The van der Waals surface area contributed by atoms with E-state index in [9.17, 15) is 14.9 Å². The number of carbonyl (C=O) groups excluding carboxylic acids is 1. The number of carbonyl (C=O) groups is 1. The molecule has 1 N–H and O–H groups in total. The van der Waals surface area contributed by atoms with Crippen LogP contribution in [-0.2, 0) is 9.47 Å². The molecule has 0 aliphatic carbocycles. The Balaban J connectivity index is 1.91. The molecule has 0 unspecified atom stereocenters. The maximum Gasteiger partial charge on any atom is 0.345 e. The lowest BCUT2D eigenvalue weighted by atomic mass is 10.1. The average Bonchev–Trinajstić information content (AvgIpc) is 2.81. The van der Waals surface area contributed by atoms with Crippen LogP contribution in [0.2, 0.25) is 10.0 Å². The molecule has 1 aliphatic heterocycles. The maximum absolute atomic E-state index is 12.4. The number of nitro benzene ring substituents is 1. The van der Waals surface area contributed by atoms with Crippen molar-refractivity contribution in [3.8, 4) is 0 Å². The molecule has 0 saturated carbocycles. The van der Waals surface area contributed by atoms with Gasteiger partial charge in [0.25, 0.3) is 0 Å². The quantitative estimate of drug-likeness (QED) is 0.317. The van der Waals surface area contributed by atoms with E-state index in [4.69, 9.17) is 32.7 Å². The first-order chi connectivity index (χ1) is 15.4. The predicted molar refractivity (Wildman–Crippen MR) is 123 cm³/mol. The summed E-state index contributed by atoms with van der Waals surface area (Å²) >= 11 is 12.7. The zero-order valence-corrected chi connectivity index (χ0v) is 18.4. The maximum atomic E-state index is 12.4.